The maximum absolute atomic E-state index is 12.9. The third-order valence-corrected chi connectivity index (χ3v) is 7.94. The topological polar surface area (TPSA) is 102 Å². The quantitative estimate of drug-likeness (QED) is 0.701. The van der Waals surface area contributed by atoms with Crippen molar-refractivity contribution in [3.05, 3.63) is 39.1 Å². The van der Waals surface area contributed by atoms with Crippen molar-refractivity contribution in [2.45, 2.75) is 51.0 Å². The number of hydrogen-bond acceptors (Lipinski definition) is 7. The molecule has 2 aromatic heterocycles. The molecule has 29 heavy (non-hydrogen) atoms. The van der Waals surface area contributed by atoms with Crippen LogP contribution in [0.5, 0.6) is 0 Å². The van der Waals surface area contributed by atoms with Gasteiger partial charge in [-0.1, -0.05) is 5.16 Å². The number of hydrogen-bond donors (Lipinski definition) is 0. The maximum Gasteiger partial charge on any atom is 0.267 e. The van der Waals surface area contributed by atoms with E-state index in [0.717, 1.165) is 36.9 Å². The summed E-state index contributed by atoms with van der Waals surface area (Å²) < 4.78 is 33.9. The van der Waals surface area contributed by atoms with E-state index in [1.807, 2.05) is 0 Å². The monoisotopic (exact) mass is 421 g/mol. The lowest BCUT2D eigenvalue weighted by Crippen LogP contribution is -2.49. The fraction of sp³-hybridized carbons (Fsp3) is 0.632. The Kier molecular flexibility index (Phi) is 5.58. The minimum absolute atomic E-state index is 0.0507. The first-order valence-corrected chi connectivity index (χ1v) is 11.6. The van der Waals surface area contributed by atoms with E-state index in [9.17, 15) is 13.2 Å². The molecule has 0 radical (unpaired) electrons. The van der Waals surface area contributed by atoms with E-state index >= 15 is 0 Å². The maximum atomic E-state index is 12.9. The highest BCUT2D eigenvalue weighted by molar-refractivity contribution is 7.89. The predicted octanol–water partition coefficient (Wildman–Crippen LogP) is 0.733. The number of sulfonamides is 1. The second-order valence-electron chi connectivity index (χ2n) is 7.78. The molecule has 1 aliphatic heterocycles. The van der Waals surface area contributed by atoms with Gasteiger partial charge in [-0.2, -0.15) is 9.40 Å². The molecule has 4 rings (SSSR count). The molecule has 0 aromatic carbocycles. The van der Waals surface area contributed by atoms with Gasteiger partial charge in [-0.15, -0.1) is 0 Å². The van der Waals surface area contributed by atoms with Crippen molar-refractivity contribution in [2.75, 3.05) is 32.7 Å². The lowest BCUT2D eigenvalue weighted by atomic mass is 9.97. The number of fused-ring (bicyclic) bond motifs is 1. The molecule has 0 unspecified atom stereocenters. The zero-order chi connectivity index (χ0) is 20.6. The van der Waals surface area contributed by atoms with E-state index in [4.69, 9.17) is 4.52 Å². The summed E-state index contributed by atoms with van der Waals surface area (Å²) in [5.74, 6) is 0.322. The lowest BCUT2D eigenvalue weighted by Gasteiger charge is -2.33. The molecule has 158 valence electrons. The van der Waals surface area contributed by atoms with Crippen molar-refractivity contribution < 1.29 is 12.9 Å². The van der Waals surface area contributed by atoms with Crippen LogP contribution in [-0.2, 0) is 29.4 Å². The van der Waals surface area contributed by atoms with Gasteiger partial charge in [0.2, 0.25) is 10.0 Å². The zero-order valence-corrected chi connectivity index (χ0v) is 17.7. The molecule has 0 spiro atoms. The molecule has 0 N–H and O–H groups in total. The predicted molar refractivity (Wildman–Crippen MR) is 106 cm³/mol. The molecule has 0 atom stereocenters. The normalized spacial score (nSPS) is 18.7. The SMILES string of the molecule is Cc1noc(C)c1S(=O)(=O)N1CCN(CCn2nc3c(cc2=O)CCCC3)CC1. The summed E-state index contributed by atoms with van der Waals surface area (Å²) in [5.41, 5.74) is 2.48. The third kappa shape index (κ3) is 4.01. The number of nitrogens with zero attached hydrogens (tertiary/aromatic N) is 5. The van der Waals surface area contributed by atoms with Gasteiger partial charge in [0.1, 0.15) is 10.6 Å². The van der Waals surface area contributed by atoms with Crippen molar-refractivity contribution in [1.82, 2.24) is 24.1 Å². The van der Waals surface area contributed by atoms with Gasteiger partial charge in [0.05, 0.1) is 12.2 Å². The first-order valence-electron chi connectivity index (χ1n) is 10.1. The summed E-state index contributed by atoms with van der Waals surface area (Å²) in [6, 6.07) is 1.73. The average molecular weight is 422 g/mol. The molecular weight excluding hydrogens is 394 g/mol. The summed E-state index contributed by atoms with van der Waals surface area (Å²) in [6.45, 7) is 6.48. The van der Waals surface area contributed by atoms with Gasteiger partial charge in [-0.25, -0.2) is 13.1 Å². The lowest BCUT2D eigenvalue weighted by molar-refractivity contribution is 0.179. The van der Waals surface area contributed by atoms with Gasteiger partial charge >= 0.3 is 0 Å². The van der Waals surface area contributed by atoms with Crippen LogP contribution in [0, 0.1) is 13.8 Å². The Morgan fingerprint density at radius 1 is 1.07 bits per heavy atom. The molecule has 0 bridgehead atoms. The summed E-state index contributed by atoms with van der Waals surface area (Å²) >= 11 is 0. The smallest absolute Gasteiger partial charge is 0.267 e. The van der Waals surface area contributed by atoms with Crippen LogP contribution < -0.4 is 5.56 Å². The molecule has 0 amide bonds. The Morgan fingerprint density at radius 2 is 1.79 bits per heavy atom. The first-order chi connectivity index (χ1) is 13.9. The Hall–Kier alpha value is -2.04. The molecule has 2 aromatic rings. The van der Waals surface area contributed by atoms with Crippen molar-refractivity contribution in [2.24, 2.45) is 0 Å². The van der Waals surface area contributed by atoms with Crippen LogP contribution >= 0.6 is 0 Å². The summed E-state index contributed by atoms with van der Waals surface area (Å²) in [7, 11) is -3.60. The van der Waals surface area contributed by atoms with Crippen molar-refractivity contribution in [3.63, 3.8) is 0 Å². The molecular formula is C19H27N5O4S. The number of piperazine rings is 1. The fourth-order valence-electron chi connectivity index (χ4n) is 4.16. The minimum atomic E-state index is -3.60. The second kappa shape index (κ2) is 8.00. The molecule has 3 heterocycles. The van der Waals surface area contributed by atoms with Crippen LogP contribution in [0.3, 0.4) is 0 Å². The number of aryl methyl sites for hydroxylation is 4. The van der Waals surface area contributed by atoms with Crippen LogP contribution in [0.15, 0.2) is 20.3 Å². The highest BCUT2D eigenvalue weighted by Crippen LogP contribution is 2.24. The van der Waals surface area contributed by atoms with Gasteiger partial charge in [-0.3, -0.25) is 9.69 Å². The Bertz CT molecular complexity index is 1030. The van der Waals surface area contributed by atoms with Gasteiger partial charge in [0.25, 0.3) is 5.56 Å². The van der Waals surface area contributed by atoms with Crippen LogP contribution in [0.1, 0.15) is 35.6 Å². The second-order valence-corrected chi connectivity index (χ2v) is 9.66. The zero-order valence-electron chi connectivity index (χ0n) is 16.9. The van der Waals surface area contributed by atoms with Gasteiger partial charge < -0.3 is 4.52 Å². The highest BCUT2D eigenvalue weighted by Gasteiger charge is 2.33. The molecule has 0 saturated carbocycles. The van der Waals surface area contributed by atoms with Crippen LogP contribution in [-0.4, -0.2) is 65.3 Å². The van der Waals surface area contributed by atoms with Crippen LogP contribution in [0.25, 0.3) is 0 Å². The number of rotatable bonds is 5. The van der Waals surface area contributed by atoms with Crippen LogP contribution in [0.4, 0.5) is 0 Å². The standard InChI is InChI=1S/C19H27N5O4S/c1-14-19(15(2)28-21-14)29(26,27)23-10-7-22(8-11-23)9-12-24-18(25)13-16-5-3-4-6-17(16)20-24/h13H,3-12H2,1-2H3. The largest absolute Gasteiger partial charge is 0.360 e. The van der Waals surface area contributed by atoms with E-state index in [-0.39, 0.29) is 10.5 Å². The molecule has 1 aliphatic carbocycles. The van der Waals surface area contributed by atoms with Gasteiger partial charge in [0, 0.05) is 38.8 Å². The van der Waals surface area contributed by atoms with Gasteiger partial charge in [-0.05, 0) is 45.1 Å². The van der Waals surface area contributed by atoms with E-state index in [1.165, 1.54) is 4.31 Å². The fourth-order valence-corrected chi connectivity index (χ4v) is 5.88. The Morgan fingerprint density at radius 3 is 2.48 bits per heavy atom. The van der Waals surface area contributed by atoms with Crippen molar-refractivity contribution in [3.8, 4) is 0 Å². The van der Waals surface area contributed by atoms with E-state index in [0.29, 0.717) is 50.7 Å². The van der Waals surface area contributed by atoms with Crippen molar-refractivity contribution >= 4 is 10.0 Å². The first kappa shape index (κ1) is 20.2. The van der Waals surface area contributed by atoms with E-state index in [2.05, 4.69) is 15.2 Å². The Balaban J connectivity index is 1.37. The Labute approximate surface area is 170 Å². The summed E-state index contributed by atoms with van der Waals surface area (Å²) in [5, 5.41) is 8.32. The molecule has 1 fully saturated rings. The number of aromatic nitrogens is 3. The average Bonchev–Trinajstić information content (AvgIpc) is 3.05. The van der Waals surface area contributed by atoms with Gasteiger partial charge in [0.15, 0.2) is 5.76 Å². The molecule has 9 nitrogen and oxygen atoms in total. The molecule has 10 heteroatoms. The summed E-state index contributed by atoms with van der Waals surface area (Å²) in [6.07, 6.45) is 4.13. The highest BCUT2D eigenvalue weighted by atomic mass is 32.2. The van der Waals surface area contributed by atoms with E-state index < -0.39 is 10.0 Å². The molecule has 1 saturated heterocycles. The molecule has 2 aliphatic rings. The van der Waals surface area contributed by atoms with E-state index in [1.54, 1.807) is 24.6 Å². The summed E-state index contributed by atoms with van der Waals surface area (Å²) in [4.78, 5) is 14.7. The minimum Gasteiger partial charge on any atom is -0.360 e. The van der Waals surface area contributed by atoms with Crippen molar-refractivity contribution in [1.29, 1.82) is 0 Å². The van der Waals surface area contributed by atoms with Crippen LogP contribution in [0.2, 0.25) is 0 Å². The third-order valence-electron chi connectivity index (χ3n) is 5.80.